The molecule has 0 saturated carbocycles. The lowest BCUT2D eigenvalue weighted by Gasteiger charge is -2.26. The number of hydrogen-bond acceptors (Lipinski definition) is 0. The van der Waals surface area contributed by atoms with Gasteiger partial charge in [-0.1, -0.05) is 252 Å². The molecule has 8 aromatic carbocycles. The van der Waals surface area contributed by atoms with Gasteiger partial charge in [-0.3, -0.25) is 0 Å². The van der Waals surface area contributed by atoms with Gasteiger partial charge in [0.15, 0.2) is 0 Å². The van der Waals surface area contributed by atoms with Crippen molar-refractivity contribution in [1.82, 2.24) is 0 Å². The summed E-state index contributed by atoms with van der Waals surface area (Å²) in [5.74, 6) is 0. The summed E-state index contributed by atoms with van der Waals surface area (Å²) in [6.07, 6.45) is 3.09. The number of aryl methyl sites for hydroxylation is 8. The maximum atomic E-state index is 2.28. The van der Waals surface area contributed by atoms with Crippen molar-refractivity contribution >= 4 is 0 Å². The molecule has 0 fully saturated rings. The Balaban J connectivity index is 0.000000156. The Morgan fingerprint density at radius 1 is 0.242 bits per heavy atom. The van der Waals surface area contributed by atoms with Crippen LogP contribution in [0.15, 0.2) is 194 Å². The number of hydrogen-bond donors (Lipinski definition) is 0. The zero-order valence-corrected chi connectivity index (χ0v) is 39.1. The van der Waals surface area contributed by atoms with Crippen LogP contribution in [0.1, 0.15) is 103 Å². The van der Waals surface area contributed by atoms with Gasteiger partial charge in [0.05, 0.1) is 0 Å². The van der Waals surface area contributed by atoms with Crippen molar-refractivity contribution in [2.75, 3.05) is 0 Å². The van der Waals surface area contributed by atoms with E-state index in [4.69, 9.17) is 0 Å². The van der Waals surface area contributed by atoms with Crippen LogP contribution < -0.4 is 0 Å². The van der Waals surface area contributed by atoms with Crippen molar-refractivity contribution < 1.29 is 0 Å². The van der Waals surface area contributed by atoms with Crippen molar-refractivity contribution in [3.05, 3.63) is 283 Å². The summed E-state index contributed by atoms with van der Waals surface area (Å²) in [6, 6.07) is 69.9. The Kier molecular flexibility index (Phi) is 17.4. The van der Waals surface area contributed by atoms with E-state index in [1.54, 1.807) is 0 Å². The maximum absolute atomic E-state index is 2.28. The highest BCUT2D eigenvalue weighted by Gasteiger charge is 2.22. The third-order valence-electron chi connectivity index (χ3n) is 11.3. The molecule has 0 heterocycles. The molecule has 0 aliphatic rings. The maximum Gasteiger partial charge on any atom is 0.0146 e. The molecule has 0 radical (unpaired) electrons. The van der Waals surface area contributed by atoms with E-state index >= 15 is 0 Å². The molecule has 0 aliphatic carbocycles. The predicted octanol–water partition coefficient (Wildman–Crippen LogP) is 16.3. The molecule has 0 aliphatic heterocycles. The highest BCUT2D eigenvalue weighted by Crippen LogP contribution is 2.31. The van der Waals surface area contributed by atoms with Gasteiger partial charge in [-0.05, 0) is 119 Å². The molecule has 0 amide bonds. The fourth-order valence-corrected chi connectivity index (χ4v) is 7.63. The number of rotatable bonds is 8. The molecule has 8 rings (SSSR count). The van der Waals surface area contributed by atoms with Crippen LogP contribution in [0.3, 0.4) is 0 Å². The summed E-state index contributed by atoms with van der Waals surface area (Å²) in [6.45, 7) is 21.6. The standard InChI is InChI=1S/C17H20.3C15H16/c1-13-5-9-15(10-6-13)17(3,4)16-11-7-14(2)8-12-16;2*1-12-5-3-7-14(9-12)11-15-8-4-6-13(2)10-15;1-12-6-8-14(9-7-12)11-15-5-3-4-13(2)10-15/h5-12H,1-4H3;3*3-10H,11H2,1-2H3. The van der Waals surface area contributed by atoms with E-state index in [0.29, 0.717) is 0 Å². The Labute approximate surface area is 375 Å². The largest absolute Gasteiger partial charge is 0.0617 e. The smallest absolute Gasteiger partial charge is 0.0146 e. The lowest BCUT2D eigenvalue weighted by Crippen LogP contribution is -2.18. The molecule has 0 heteroatoms. The molecule has 0 bridgehead atoms. The molecular formula is C62H68. The highest BCUT2D eigenvalue weighted by molar-refractivity contribution is 5.40. The normalized spacial score (nSPS) is 10.6. The average Bonchev–Trinajstić information content (AvgIpc) is 3.23. The third kappa shape index (κ3) is 15.7. The molecule has 0 nitrogen and oxygen atoms in total. The molecule has 0 N–H and O–H groups in total. The van der Waals surface area contributed by atoms with E-state index in [0.717, 1.165) is 19.3 Å². The predicted molar refractivity (Wildman–Crippen MR) is 270 cm³/mol. The first-order valence-corrected chi connectivity index (χ1v) is 22.2. The molecule has 0 atom stereocenters. The molecular weight excluding hydrogens is 745 g/mol. The first-order chi connectivity index (χ1) is 29.7. The Morgan fingerprint density at radius 2 is 0.468 bits per heavy atom. The minimum absolute atomic E-state index is 0.0708. The number of benzene rings is 8. The van der Waals surface area contributed by atoms with Gasteiger partial charge >= 0.3 is 0 Å². The second-order valence-corrected chi connectivity index (χ2v) is 17.8. The van der Waals surface area contributed by atoms with Gasteiger partial charge in [0.25, 0.3) is 0 Å². The first kappa shape index (κ1) is 46.8. The van der Waals surface area contributed by atoms with Crippen LogP contribution in [0.4, 0.5) is 0 Å². The van der Waals surface area contributed by atoms with E-state index in [-0.39, 0.29) is 5.41 Å². The zero-order chi connectivity index (χ0) is 44.5. The quantitative estimate of drug-likeness (QED) is 0.143. The monoisotopic (exact) mass is 813 g/mol. The lowest BCUT2D eigenvalue weighted by atomic mass is 9.78. The molecule has 0 saturated heterocycles. The SMILES string of the molecule is Cc1ccc(C(C)(C)c2ccc(C)cc2)cc1.Cc1ccc(Cc2cccc(C)c2)cc1.Cc1cccc(Cc2cccc(C)c2)c1.Cc1cccc(Cc2cccc(C)c2)c1. The third-order valence-corrected chi connectivity index (χ3v) is 11.3. The summed E-state index contributed by atoms with van der Waals surface area (Å²) in [7, 11) is 0. The molecule has 0 unspecified atom stereocenters. The van der Waals surface area contributed by atoms with Crippen LogP contribution in [0, 0.1) is 55.4 Å². The van der Waals surface area contributed by atoms with Crippen molar-refractivity contribution in [3.8, 4) is 0 Å². The van der Waals surface area contributed by atoms with Crippen molar-refractivity contribution in [2.24, 2.45) is 0 Å². The van der Waals surface area contributed by atoms with Crippen molar-refractivity contribution in [3.63, 3.8) is 0 Å². The fourth-order valence-electron chi connectivity index (χ4n) is 7.63. The molecule has 316 valence electrons. The molecule has 0 spiro atoms. The zero-order valence-electron chi connectivity index (χ0n) is 39.1. The fraction of sp³-hybridized carbons (Fsp3) is 0.226. The first-order valence-electron chi connectivity index (χ1n) is 22.2. The van der Waals surface area contributed by atoms with E-state index < -0.39 is 0 Å². The van der Waals surface area contributed by atoms with Crippen LogP contribution in [0.25, 0.3) is 0 Å². The summed E-state index contributed by atoms with van der Waals surface area (Å²) >= 11 is 0. The van der Waals surface area contributed by atoms with Crippen molar-refractivity contribution in [2.45, 2.75) is 93.9 Å². The van der Waals surface area contributed by atoms with Gasteiger partial charge in [0.1, 0.15) is 0 Å². The Hall–Kier alpha value is -6.24. The Bertz CT molecular complexity index is 2340. The topological polar surface area (TPSA) is 0 Å². The highest BCUT2D eigenvalue weighted by atomic mass is 14.3. The molecule has 0 aromatic heterocycles. The van der Waals surface area contributed by atoms with E-state index in [2.05, 4.69) is 263 Å². The van der Waals surface area contributed by atoms with Gasteiger partial charge in [0, 0.05) is 5.41 Å². The molecule has 8 aromatic rings. The second-order valence-electron chi connectivity index (χ2n) is 17.8. The summed E-state index contributed by atoms with van der Waals surface area (Å²) in [5.41, 5.74) is 21.7. The van der Waals surface area contributed by atoms with Crippen LogP contribution in [-0.4, -0.2) is 0 Å². The van der Waals surface area contributed by atoms with E-state index in [1.807, 2.05) is 0 Å². The minimum atomic E-state index is 0.0708. The van der Waals surface area contributed by atoms with E-state index in [9.17, 15) is 0 Å². The average molecular weight is 813 g/mol. The second kappa shape index (κ2) is 23.1. The van der Waals surface area contributed by atoms with Crippen LogP contribution in [0.2, 0.25) is 0 Å². The van der Waals surface area contributed by atoms with Crippen LogP contribution in [0.5, 0.6) is 0 Å². The van der Waals surface area contributed by atoms with Gasteiger partial charge in [-0.15, -0.1) is 0 Å². The van der Waals surface area contributed by atoms with Crippen LogP contribution in [-0.2, 0) is 24.7 Å². The van der Waals surface area contributed by atoms with Gasteiger partial charge < -0.3 is 0 Å². The van der Waals surface area contributed by atoms with Crippen LogP contribution >= 0.6 is 0 Å². The summed E-state index contributed by atoms with van der Waals surface area (Å²) in [4.78, 5) is 0. The Morgan fingerprint density at radius 3 is 0.710 bits per heavy atom. The summed E-state index contributed by atoms with van der Waals surface area (Å²) in [5, 5.41) is 0. The van der Waals surface area contributed by atoms with Gasteiger partial charge in [-0.25, -0.2) is 0 Å². The lowest BCUT2D eigenvalue weighted by molar-refractivity contribution is 0.640. The summed E-state index contributed by atoms with van der Waals surface area (Å²) < 4.78 is 0. The van der Waals surface area contributed by atoms with Crippen molar-refractivity contribution in [1.29, 1.82) is 0 Å². The molecule has 62 heavy (non-hydrogen) atoms. The van der Waals surface area contributed by atoms with Gasteiger partial charge in [-0.2, -0.15) is 0 Å². The van der Waals surface area contributed by atoms with Gasteiger partial charge in [0.2, 0.25) is 0 Å². The van der Waals surface area contributed by atoms with E-state index in [1.165, 1.54) is 89.0 Å². The minimum Gasteiger partial charge on any atom is -0.0617 e.